The molecule has 0 saturated heterocycles. The van der Waals surface area contributed by atoms with Gasteiger partial charge in [0.05, 0.1) is 0 Å². The molecule has 0 aromatic heterocycles. The summed E-state index contributed by atoms with van der Waals surface area (Å²) in [6, 6.07) is 0. The molecule has 23 heavy (non-hydrogen) atoms. The van der Waals surface area contributed by atoms with Gasteiger partial charge in [-0.2, -0.15) is 0 Å². The van der Waals surface area contributed by atoms with Gasteiger partial charge < -0.3 is 49.3 Å². The normalized spacial score (nSPS) is 7.83. The molecule has 0 saturated carbocycles. The Kier molecular flexibility index (Phi) is 95.2. The molecule has 0 rings (SSSR count). The zero-order chi connectivity index (χ0) is 13.1. The van der Waals surface area contributed by atoms with E-state index in [1.54, 1.807) is 0 Å². The van der Waals surface area contributed by atoms with Crippen molar-refractivity contribution >= 4 is 37.7 Å². The second-order valence-corrected chi connectivity index (χ2v) is 5.21. The van der Waals surface area contributed by atoms with Crippen molar-refractivity contribution in [3.63, 3.8) is 0 Å². The molecule has 0 aliphatic rings. The van der Waals surface area contributed by atoms with Gasteiger partial charge >= 0.3 is 0 Å². The summed E-state index contributed by atoms with van der Waals surface area (Å²) < 4.78 is 0. The minimum Gasteiger partial charge on any atom is -0.358 e. The Bertz CT molecular complexity index is 118. The third-order valence-corrected chi connectivity index (χ3v) is 1.99. The molecule has 0 unspecified atom stereocenters. The average Bonchev–Trinajstić information content (AvgIpc) is 2.12. The summed E-state index contributed by atoms with van der Waals surface area (Å²) in [5.41, 5.74) is 0. The van der Waals surface area contributed by atoms with E-state index in [9.17, 15) is 0 Å². The Morgan fingerprint density at radius 3 is 0.522 bits per heavy atom. The van der Waals surface area contributed by atoms with E-state index in [1.807, 2.05) is 0 Å². The average molecular weight is 361 g/mol. The maximum atomic E-state index is 2.18. The van der Waals surface area contributed by atoms with E-state index in [2.05, 4.69) is 76.0 Å². The molecular weight excluding hydrogens is 317 g/mol. The Balaban J connectivity index is -0.0000000187. The van der Waals surface area contributed by atoms with Crippen LogP contribution in [0.25, 0.3) is 0 Å². The van der Waals surface area contributed by atoms with Gasteiger partial charge in [0.2, 0.25) is 0 Å². The molecule has 3 radical (unpaired) electrons. The SMILES string of the molecule is CN(C)CCN(C)C.CN(C)CCN(C)C.[CH3-].[CH3-].[CH3-].[CH3-].[Li].[Li].[Mn]. The summed E-state index contributed by atoms with van der Waals surface area (Å²) >= 11 is 0. The minimum absolute atomic E-state index is 0. The summed E-state index contributed by atoms with van der Waals surface area (Å²) in [5.74, 6) is 0. The van der Waals surface area contributed by atoms with E-state index in [1.165, 1.54) is 0 Å². The summed E-state index contributed by atoms with van der Waals surface area (Å²) in [5, 5.41) is 0. The van der Waals surface area contributed by atoms with Gasteiger partial charge in [0, 0.05) is 81.0 Å². The van der Waals surface area contributed by atoms with Crippen molar-refractivity contribution in [2.24, 2.45) is 0 Å². The predicted molar refractivity (Wildman–Crippen MR) is 111 cm³/mol. The van der Waals surface area contributed by atoms with Crippen LogP contribution in [0, 0.1) is 29.7 Å². The molecule has 0 bridgehead atoms. The third-order valence-electron chi connectivity index (χ3n) is 1.99. The topological polar surface area (TPSA) is 13.0 Å². The standard InChI is InChI=1S/2C6H16N2.4CH3.2Li.Mn/c2*1-7(2)5-6-8(3)4;;;;;;;/h2*5-6H2,1-4H3;4*1H3;;;/q;;4*-1;;;. The fourth-order valence-electron chi connectivity index (χ4n) is 0.800. The summed E-state index contributed by atoms with van der Waals surface area (Å²) in [7, 11) is 16.7. The Labute approximate surface area is 185 Å². The zero-order valence-electron chi connectivity index (χ0n) is 19.0. The third kappa shape index (κ3) is 82.0. The van der Waals surface area contributed by atoms with Crippen LogP contribution >= 0.6 is 0 Å². The maximum absolute atomic E-state index is 2.18. The zero-order valence-corrected chi connectivity index (χ0v) is 20.2. The molecule has 0 fully saturated rings. The van der Waals surface area contributed by atoms with E-state index < -0.39 is 0 Å². The molecule has 0 heterocycles. The van der Waals surface area contributed by atoms with Crippen LogP contribution in [0.5, 0.6) is 0 Å². The van der Waals surface area contributed by atoms with Gasteiger partial charge in [-0.05, 0) is 56.4 Å². The van der Waals surface area contributed by atoms with Crippen LogP contribution < -0.4 is 0 Å². The number of hydrogen-bond acceptors (Lipinski definition) is 4. The van der Waals surface area contributed by atoms with Crippen LogP contribution in [-0.4, -0.2) is 140 Å². The van der Waals surface area contributed by atoms with E-state index in [0.717, 1.165) is 26.2 Å². The van der Waals surface area contributed by atoms with Crippen molar-refractivity contribution in [2.75, 3.05) is 82.6 Å². The Hall–Kier alpha value is 1.55. The molecule has 0 N–H and O–H groups in total. The van der Waals surface area contributed by atoms with Crippen molar-refractivity contribution in [1.29, 1.82) is 0 Å². The molecule has 0 spiro atoms. The van der Waals surface area contributed by atoms with Crippen molar-refractivity contribution in [2.45, 2.75) is 0 Å². The predicted octanol–water partition coefficient (Wildman–Crippen LogP) is 1.26. The molecule has 0 aromatic rings. The van der Waals surface area contributed by atoms with Crippen LogP contribution in [0.3, 0.4) is 0 Å². The number of rotatable bonds is 6. The molecular formula is C16H44Li2MnN4-4. The monoisotopic (exact) mass is 361 g/mol. The molecule has 0 atom stereocenters. The van der Waals surface area contributed by atoms with Crippen LogP contribution in [0.2, 0.25) is 0 Å². The first kappa shape index (κ1) is 56.3. The minimum atomic E-state index is 0. The quantitative estimate of drug-likeness (QED) is 0.522. The van der Waals surface area contributed by atoms with Crippen LogP contribution in [-0.2, 0) is 17.1 Å². The number of hydrogen-bond donors (Lipinski definition) is 0. The van der Waals surface area contributed by atoms with Gasteiger partial charge in [0.1, 0.15) is 0 Å². The van der Waals surface area contributed by atoms with Gasteiger partial charge in [-0.1, -0.05) is 0 Å². The van der Waals surface area contributed by atoms with Gasteiger partial charge in [-0.3, -0.25) is 0 Å². The van der Waals surface area contributed by atoms with Crippen LogP contribution in [0.1, 0.15) is 0 Å². The summed E-state index contributed by atoms with van der Waals surface area (Å²) in [6.45, 7) is 4.58. The van der Waals surface area contributed by atoms with Gasteiger partial charge in [0.25, 0.3) is 0 Å². The van der Waals surface area contributed by atoms with Crippen LogP contribution in [0.4, 0.5) is 0 Å². The Morgan fingerprint density at radius 1 is 0.391 bits per heavy atom. The second kappa shape index (κ2) is 38.9. The van der Waals surface area contributed by atoms with Crippen molar-refractivity contribution in [3.05, 3.63) is 29.7 Å². The van der Waals surface area contributed by atoms with Crippen molar-refractivity contribution in [3.8, 4) is 0 Å². The van der Waals surface area contributed by atoms with E-state index in [-0.39, 0.29) is 84.5 Å². The molecule has 141 valence electrons. The van der Waals surface area contributed by atoms with Gasteiger partial charge in [-0.25, -0.2) is 0 Å². The smallest absolute Gasteiger partial charge is 0.0103 e. The first-order valence-corrected chi connectivity index (χ1v) is 5.84. The van der Waals surface area contributed by atoms with Crippen molar-refractivity contribution in [1.82, 2.24) is 19.6 Å². The van der Waals surface area contributed by atoms with E-state index >= 15 is 0 Å². The number of nitrogens with zero attached hydrogens (tertiary/aromatic N) is 4. The van der Waals surface area contributed by atoms with Gasteiger partial charge in [0.15, 0.2) is 0 Å². The molecule has 7 heteroatoms. The number of likely N-dealkylation sites (N-methyl/N-ethyl adjacent to an activating group) is 4. The molecule has 4 nitrogen and oxygen atoms in total. The molecule has 0 aliphatic carbocycles. The maximum Gasteiger partial charge on any atom is 0.0103 e. The van der Waals surface area contributed by atoms with Gasteiger partial charge in [-0.15, -0.1) is 0 Å². The fraction of sp³-hybridized carbons (Fsp3) is 0.750. The Morgan fingerprint density at radius 2 is 0.478 bits per heavy atom. The second-order valence-electron chi connectivity index (χ2n) is 5.21. The molecule has 0 aliphatic heterocycles. The first-order chi connectivity index (χ1) is 7.25. The largest absolute Gasteiger partial charge is 0.358 e. The summed E-state index contributed by atoms with van der Waals surface area (Å²) in [4.78, 5) is 8.72. The molecule has 0 amide bonds. The molecule has 0 aromatic carbocycles. The summed E-state index contributed by atoms with van der Waals surface area (Å²) in [6.07, 6.45) is 0. The first-order valence-electron chi connectivity index (χ1n) is 5.84. The van der Waals surface area contributed by atoms with E-state index in [4.69, 9.17) is 0 Å². The van der Waals surface area contributed by atoms with Crippen LogP contribution in [0.15, 0.2) is 0 Å². The van der Waals surface area contributed by atoms with Crippen molar-refractivity contribution < 1.29 is 17.1 Å². The fourth-order valence-corrected chi connectivity index (χ4v) is 0.800. The van der Waals surface area contributed by atoms with E-state index in [0.29, 0.717) is 0 Å².